The van der Waals surface area contributed by atoms with Crippen LogP contribution in [0.25, 0.3) is 0 Å². The van der Waals surface area contributed by atoms with Crippen molar-refractivity contribution in [1.29, 1.82) is 0 Å². The molecule has 1 saturated heterocycles. The molecule has 1 aliphatic heterocycles. The largest absolute Gasteiger partial charge is 0.397 e. The molecular formula is C11H15N3O5S. The monoisotopic (exact) mass is 301 g/mol. The molecule has 2 N–H and O–H groups in total. The molecule has 1 fully saturated rings. The Balaban J connectivity index is 2.36. The van der Waals surface area contributed by atoms with Gasteiger partial charge in [0.1, 0.15) is 4.90 Å². The molecule has 0 aliphatic carbocycles. The number of nitro groups is 1. The van der Waals surface area contributed by atoms with Crippen LogP contribution in [-0.4, -0.2) is 43.9 Å². The van der Waals surface area contributed by atoms with E-state index in [0.717, 1.165) is 12.1 Å². The van der Waals surface area contributed by atoms with Crippen LogP contribution in [0.3, 0.4) is 0 Å². The fourth-order valence-electron chi connectivity index (χ4n) is 1.99. The predicted molar refractivity (Wildman–Crippen MR) is 71.7 cm³/mol. The van der Waals surface area contributed by atoms with Gasteiger partial charge in [0.2, 0.25) is 10.0 Å². The van der Waals surface area contributed by atoms with Crippen LogP contribution in [0.5, 0.6) is 0 Å². The van der Waals surface area contributed by atoms with Crippen LogP contribution >= 0.6 is 0 Å². The summed E-state index contributed by atoms with van der Waals surface area (Å²) in [6, 6.07) is 3.37. The molecule has 20 heavy (non-hydrogen) atoms. The van der Waals surface area contributed by atoms with Gasteiger partial charge in [0.25, 0.3) is 5.69 Å². The molecule has 0 bridgehead atoms. The number of non-ortho nitro benzene ring substituents is 1. The van der Waals surface area contributed by atoms with Gasteiger partial charge >= 0.3 is 0 Å². The molecule has 1 aromatic carbocycles. The van der Waals surface area contributed by atoms with Crippen LogP contribution in [0, 0.1) is 10.1 Å². The van der Waals surface area contributed by atoms with E-state index in [1.165, 1.54) is 10.4 Å². The van der Waals surface area contributed by atoms with Crippen LogP contribution in [0.1, 0.15) is 6.42 Å². The first-order valence-electron chi connectivity index (χ1n) is 6.05. The highest BCUT2D eigenvalue weighted by atomic mass is 32.2. The average molecular weight is 301 g/mol. The first-order chi connectivity index (χ1) is 9.43. The Bertz CT molecular complexity index is 608. The van der Waals surface area contributed by atoms with Gasteiger partial charge in [-0.15, -0.1) is 0 Å². The van der Waals surface area contributed by atoms with Crippen molar-refractivity contribution in [3.05, 3.63) is 28.3 Å². The second-order valence-electron chi connectivity index (χ2n) is 4.35. The smallest absolute Gasteiger partial charge is 0.271 e. The van der Waals surface area contributed by atoms with E-state index in [0.29, 0.717) is 26.2 Å². The average Bonchev–Trinajstić information content (AvgIpc) is 2.67. The molecule has 0 atom stereocenters. The van der Waals surface area contributed by atoms with E-state index < -0.39 is 14.9 Å². The molecule has 2 rings (SSSR count). The first kappa shape index (κ1) is 14.7. The quantitative estimate of drug-likeness (QED) is 0.496. The maximum absolute atomic E-state index is 12.5. The summed E-state index contributed by atoms with van der Waals surface area (Å²) >= 11 is 0. The minimum atomic E-state index is -3.75. The molecule has 0 saturated carbocycles. The lowest BCUT2D eigenvalue weighted by Crippen LogP contribution is -2.33. The number of nitrogen functional groups attached to an aromatic ring is 1. The second kappa shape index (κ2) is 5.73. The predicted octanol–water partition coefficient (Wildman–Crippen LogP) is 0.588. The number of hydrogen-bond donors (Lipinski definition) is 1. The van der Waals surface area contributed by atoms with Gasteiger partial charge in [-0.25, -0.2) is 8.42 Å². The Morgan fingerprint density at radius 2 is 2.05 bits per heavy atom. The molecule has 1 aliphatic rings. The van der Waals surface area contributed by atoms with Gasteiger partial charge in [0.05, 0.1) is 17.2 Å². The SMILES string of the molecule is Nc1cc([N+](=O)[O-])ccc1S(=O)(=O)N1CCCOCC1. The lowest BCUT2D eigenvalue weighted by atomic mass is 10.3. The van der Waals surface area contributed by atoms with Crippen molar-refractivity contribution in [1.82, 2.24) is 4.31 Å². The number of sulfonamides is 1. The summed E-state index contributed by atoms with van der Waals surface area (Å²) < 4.78 is 31.4. The van der Waals surface area contributed by atoms with E-state index >= 15 is 0 Å². The van der Waals surface area contributed by atoms with Gasteiger partial charge in [-0.05, 0) is 12.5 Å². The van der Waals surface area contributed by atoms with Crippen LogP contribution in [0.15, 0.2) is 23.1 Å². The number of anilines is 1. The maximum Gasteiger partial charge on any atom is 0.271 e. The zero-order valence-corrected chi connectivity index (χ0v) is 11.5. The standard InChI is InChI=1S/C11H15N3O5S/c12-10-8-9(14(15)16)2-3-11(10)20(17,18)13-4-1-6-19-7-5-13/h2-3,8H,1,4-7,12H2. The van der Waals surface area contributed by atoms with Gasteiger partial charge in [-0.2, -0.15) is 4.31 Å². The summed E-state index contributed by atoms with van der Waals surface area (Å²) in [5.74, 6) is 0. The van der Waals surface area contributed by atoms with Crippen molar-refractivity contribution in [3.8, 4) is 0 Å². The summed E-state index contributed by atoms with van der Waals surface area (Å²) in [6.07, 6.45) is 0.603. The normalized spacial score (nSPS) is 17.6. The van der Waals surface area contributed by atoms with Crippen molar-refractivity contribution in [2.45, 2.75) is 11.3 Å². The highest BCUT2D eigenvalue weighted by Gasteiger charge is 2.28. The van der Waals surface area contributed by atoms with E-state index in [9.17, 15) is 18.5 Å². The summed E-state index contributed by atoms with van der Waals surface area (Å²) in [7, 11) is -3.75. The maximum atomic E-state index is 12.5. The van der Waals surface area contributed by atoms with E-state index in [4.69, 9.17) is 10.5 Å². The van der Waals surface area contributed by atoms with Gasteiger partial charge in [-0.3, -0.25) is 10.1 Å². The molecular weight excluding hydrogens is 286 g/mol. The van der Waals surface area contributed by atoms with Crippen molar-refractivity contribution in [2.75, 3.05) is 32.0 Å². The Hall–Kier alpha value is -1.71. The zero-order chi connectivity index (χ0) is 14.8. The van der Waals surface area contributed by atoms with E-state index in [1.54, 1.807) is 0 Å². The third-order valence-electron chi connectivity index (χ3n) is 3.00. The van der Waals surface area contributed by atoms with Crippen LogP contribution in [-0.2, 0) is 14.8 Å². The van der Waals surface area contributed by atoms with E-state index in [1.807, 2.05) is 0 Å². The van der Waals surface area contributed by atoms with Gasteiger partial charge < -0.3 is 10.5 Å². The Labute approximate surface area is 116 Å². The molecule has 0 radical (unpaired) electrons. The summed E-state index contributed by atoms with van der Waals surface area (Å²) in [5, 5.41) is 10.6. The Kier molecular flexibility index (Phi) is 4.21. The number of hydrogen-bond acceptors (Lipinski definition) is 6. The van der Waals surface area contributed by atoms with Crippen LogP contribution in [0.4, 0.5) is 11.4 Å². The zero-order valence-electron chi connectivity index (χ0n) is 10.7. The number of nitrogens with two attached hydrogens (primary N) is 1. The Morgan fingerprint density at radius 1 is 1.30 bits per heavy atom. The third-order valence-corrected chi connectivity index (χ3v) is 4.98. The Morgan fingerprint density at radius 3 is 2.70 bits per heavy atom. The van der Waals surface area contributed by atoms with Crippen molar-refractivity contribution in [3.63, 3.8) is 0 Å². The molecule has 110 valence electrons. The van der Waals surface area contributed by atoms with Crippen LogP contribution < -0.4 is 5.73 Å². The number of nitrogens with zero attached hydrogens (tertiary/aromatic N) is 2. The van der Waals surface area contributed by atoms with Crippen molar-refractivity contribution >= 4 is 21.4 Å². The van der Waals surface area contributed by atoms with E-state index in [2.05, 4.69) is 0 Å². The minimum Gasteiger partial charge on any atom is -0.397 e. The summed E-state index contributed by atoms with van der Waals surface area (Å²) in [4.78, 5) is 9.91. The molecule has 0 unspecified atom stereocenters. The van der Waals surface area contributed by atoms with Crippen LogP contribution in [0.2, 0.25) is 0 Å². The molecule has 9 heteroatoms. The number of nitro benzene ring substituents is 1. The number of ether oxygens (including phenoxy) is 1. The van der Waals surface area contributed by atoms with Gasteiger partial charge in [0.15, 0.2) is 0 Å². The molecule has 1 heterocycles. The molecule has 0 spiro atoms. The lowest BCUT2D eigenvalue weighted by Gasteiger charge is -2.20. The summed E-state index contributed by atoms with van der Waals surface area (Å²) in [5.41, 5.74) is 5.29. The minimum absolute atomic E-state index is 0.106. The molecule has 1 aromatic rings. The topological polar surface area (TPSA) is 116 Å². The number of rotatable bonds is 3. The molecule has 0 amide bonds. The highest BCUT2D eigenvalue weighted by Crippen LogP contribution is 2.26. The number of benzene rings is 1. The van der Waals surface area contributed by atoms with Crippen molar-refractivity contribution in [2.24, 2.45) is 0 Å². The van der Waals surface area contributed by atoms with Gasteiger partial charge in [-0.1, -0.05) is 0 Å². The summed E-state index contributed by atoms with van der Waals surface area (Å²) in [6.45, 7) is 1.44. The third kappa shape index (κ3) is 2.89. The van der Waals surface area contributed by atoms with Crippen molar-refractivity contribution < 1.29 is 18.1 Å². The van der Waals surface area contributed by atoms with E-state index in [-0.39, 0.29) is 22.8 Å². The first-order valence-corrected chi connectivity index (χ1v) is 7.49. The lowest BCUT2D eigenvalue weighted by molar-refractivity contribution is -0.384. The molecule has 0 aromatic heterocycles. The fourth-order valence-corrected chi connectivity index (χ4v) is 3.55. The molecule has 8 nitrogen and oxygen atoms in total. The fraction of sp³-hybridized carbons (Fsp3) is 0.455. The highest BCUT2D eigenvalue weighted by molar-refractivity contribution is 7.89. The second-order valence-corrected chi connectivity index (χ2v) is 6.26. The van der Waals surface area contributed by atoms with Gasteiger partial charge in [0, 0.05) is 31.8 Å².